The number of anilines is 1. The van der Waals surface area contributed by atoms with Gasteiger partial charge in [-0.1, -0.05) is 55.6 Å². The highest BCUT2D eigenvalue weighted by Crippen LogP contribution is 2.45. The van der Waals surface area contributed by atoms with E-state index in [1.54, 1.807) is 23.9 Å². The summed E-state index contributed by atoms with van der Waals surface area (Å²) in [7, 11) is 0. The second-order valence-corrected chi connectivity index (χ2v) is 9.84. The average Bonchev–Trinajstić information content (AvgIpc) is 3.10. The largest absolute Gasteiger partial charge is 0.489 e. The summed E-state index contributed by atoms with van der Waals surface area (Å²) in [6, 6.07) is 21.3. The molecule has 3 nitrogen and oxygen atoms in total. The van der Waals surface area contributed by atoms with Crippen LogP contribution in [0.1, 0.15) is 16.5 Å². The molecule has 3 aromatic rings. The topological polar surface area (TPSA) is 29.5 Å². The van der Waals surface area contributed by atoms with Gasteiger partial charge in [0.1, 0.15) is 17.7 Å². The fraction of sp³-hybridized carbons (Fsp3) is 0.136. The van der Waals surface area contributed by atoms with Crippen molar-refractivity contribution < 1.29 is 9.53 Å². The minimum atomic E-state index is -0.166. The number of carbonyl (C=O) groups is 1. The van der Waals surface area contributed by atoms with Crippen molar-refractivity contribution in [3.63, 3.8) is 0 Å². The Morgan fingerprint density at radius 3 is 2.41 bits per heavy atom. The number of rotatable bonds is 5. The van der Waals surface area contributed by atoms with E-state index in [0.29, 0.717) is 17.4 Å². The summed E-state index contributed by atoms with van der Waals surface area (Å²) in [4.78, 5) is 14.5. The summed E-state index contributed by atoms with van der Waals surface area (Å²) >= 11 is 14.6. The van der Waals surface area contributed by atoms with E-state index in [2.05, 4.69) is 31.9 Å². The van der Waals surface area contributed by atoms with Crippen molar-refractivity contribution in [1.82, 2.24) is 0 Å². The third-order valence-electron chi connectivity index (χ3n) is 4.52. The van der Waals surface area contributed by atoms with Crippen LogP contribution in [-0.4, -0.2) is 11.7 Å². The molecule has 1 fully saturated rings. The van der Waals surface area contributed by atoms with Gasteiger partial charge in [0.25, 0.3) is 0 Å². The fourth-order valence-corrected chi connectivity index (χ4v) is 5.08. The number of halogens is 3. The smallest absolute Gasteiger partial charge is 0.238 e. The second-order valence-electron chi connectivity index (χ2n) is 6.50. The molecule has 1 amide bonds. The van der Waals surface area contributed by atoms with Crippen molar-refractivity contribution in [3.8, 4) is 5.75 Å². The summed E-state index contributed by atoms with van der Waals surface area (Å²) in [6.45, 7) is 0.453. The van der Waals surface area contributed by atoms with Crippen molar-refractivity contribution in [3.05, 3.63) is 91.8 Å². The van der Waals surface area contributed by atoms with Gasteiger partial charge in [-0.2, -0.15) is 0 Å². The number of benzene rings is 3. The standard InChI is InChI=1S/C22H16Br2ClNO2S/c23-15-3-1-14(2-4-15)12-28-20-10-5-16(24)11-19(20)22-26(21(27)13-29-22)18-8-6-17(25)7-9-18/h1-11,22H,12-13H2/t22-/m1/s1. The number of carbonyl (C=O) groups excluding carboxylic acids is 1. The molecule has 7 heteroatoms. The molecular weight excluding hydrogens is 538 g/mol. The lowest BCUT2D eigenvalue weighted by Crippen LogP contribution is -2.28. The first-order valence-corrected chi connectivity index (χ1v) is 11.9. The maximum absolute atomic E-state index is 12.7. The highest BCUT2D eigenvalue weighted by atomic mass is 79.9. The Hall–Kier alpha value is -1.47. The van der Waals surface area contributed by atoms with Crippen LogP contribution in [0.25, 0.3) is 0 Å². The number of ether oxygens (including phenoxy) is 1. The predicted molar refractivity (Wildman–Crippen MR) is 127 cm³/mol. The van der Waals surface area contributed by atoms with Gasteiger partial charge in [0.2, 0.25) is 5.91 Å². The molecule has 0 N–H and O–H groups in total. The zero-order valence-electron chi connectivity index (χ0n) is 15.1. The van der Waals surface area contributed by atoms with Gasteiger partial charge in [-0.15, -0.1) is 11.8 Å². The van der Waals surface area contributed by atoms with Gasteiger partial charge in [0, 0.05) is 25.2 Å². The molecule has 1 heterocycles. The summed E-state index contributed by atoms with van der Waals surface area (Å²) < 4.78 is 8.14. The van der Waals surface area contributed by atoms with Crippen molar-refractivity contribution in [1.29, 1.82) is 0 Å². The summed E-state index contributed by atoms with van der Waals surface area (Å²) in [5.41, 5.74) is 2.86. The van der Waals surface area contributed by atoms with Gasteiger partial charge >= 0.3 is 0 Å². The third-order valence-corrected chi connectivity index (χ3v) is 6.99. The number of thioether (sulfide) groups is 1. The molecular formula is C22H16Br2ClNO2S. The van der Waals surface area contributed by atoms with Crippen LogP contribution in [0.15, 0.2) is 75.7 Å². The van der Waals surface area contributed by atoms with E-state index in [1.165, 1.54) is 0 Å². The van der Waals surface area contributed by atoms with Crippen LogP contribution in [0.5, 0.6) is 5.75 Å². The van der Waals surface area contributed by atoms with Crippen LogP contribution in [0.4, 0.5) is 5.69 Å². The Balaban J connectivity index is 1.64. The lowest BCUT2D eigenvalue weighted by Gasteiger charge is -2.26. The zero-order chi connectivity index (χ0) is 20.4. The third kappa shape index (κ3) is 4.82. The summed E-state index contributed by atoms with van der Waals surface area (Å²) in [5.74, 6) is 1.26. The second kappa shape index (κ2) is 9.13. The van der Waals surface area contributed by atoms with Crippen molar-refractivity contribution >= 4 is 66.8 Å². The minimum Gasteiger partial charge on any atom is -0.489 e. The Kier molecular flexibility index (Phi) is 6.54. The molecule has 148 valence electrons. The minimum absolute atomic E-state index is 0.0705. The molecule has 0 aliphatic carbocycles. The van der Waals surface area contributed by atoms with Crippen molar-refractivity contribution in [2.75, 3.05) is 10.7 Å². The van der Waals surface area contributed by atoms with Gasteiger partial charge in [-0.3, -0.25) is 9.69 Å². The normalized spacial score (nSPS) is 16.3. The number of amides is 1. The summed E-state index contributed by atoms with van der Waals surface area (Å²) in [5, 5.41) is 0.478. The van der Waals surface area contributed by atoms with E-state index in [0.717, 1.165) is 31.5 Å². The molecule has 0 saturated carbocycles. The monoisotopic (exact) mass is 551 g/mol. The summed E-state index contributed by atoms with van der Waals surface area (Å²) in [6.07, 6.45) is 0. The molecule has 1 aliphatic rings. The lowest BCUT2D eigenvalue weighted by atomic mass is 10.1. The van der Waals surface area contributed by atoms with Crippen LogP contribution < -0.4 is 9.64 Å². The van der Waals surface area contributed by atoms with Gasteiger partial charge < -0.3 is 4.74 Å². The van der Waals surface area contributed by atoms with Crippen molar-refractivity contribution in [2.45, 2.75) is 12.0 Å². The van der Waals surface area contributed by atoms with E-state index in [9.17, 15) is 4.79 Å². The van der Waals surface area contributed by atoms with Gasteiger partial charge in [-0.05, 0) is 60.2 Å². The Morgan fingerprint density at radius 1 is 1.00 bits per heavy atom. The number of hydrogen-bond acceptors (Lipinski definition) is 3. The number of nitrogens with zero attached hydrogens (tertiary/aromatic N) is 1. The number of hydrogen-bond donors (Lipinski definition) is 0. The lowest BCUT2D eigenvalue weighted by molar-refractivity contribution is -0.115. The average molecular weight is 554 g/mol. The molecule has 1 atom stereocenters. The Morgan fingerprint density at radius 2 is 1.69 bits per heavy atom. The van der Waals surface area contributed by atoms with Crippen LogP contribution in [0.2, 0.25) is 5.02 Å². The highest BCUT2D eigenvalue weighted by Gasteiger charge is 2.35. The maximum Gasteiger partial charge on any atom is 0.238 e. The molecule has 4 rings (SSSR count). The predicted octanol–water partition coefficient (Wildman–Crippen LogP) is 7.22. The first kappa shape index (κ1) is 20.8. The molecule has 3 aromatic carbocycles. The molecule has 0 aromatic heterocycles. The SMILES string of the molecule is O=C1CS[C@H](c2cc(Br)ccc2OCc2ccc(Br)cc2)N1c1ccc(Cl)cc1. The molecule has 0 spiro atoms. The Labute approximate surface area is 195 Å². The van der Waals surface area contributed by atoms with Crippen LogP contribution in [-0.2, 0) is 11.4 Å². The first-order chi connectivity index (χ1) is 14.0. The molecule has 0 unspecified atom stereocenters. The molecule has 0 radical (unpaired) electrons. The van der Waals surface area contributed by atoms with E-state index in [4.69, 9.17) is 16.3 Å². The van der Waals surface area contributed by atoms with E-state index in [1.807, 2.05) is 59.5 Å². The van der Waals surface area contributed by atoms with Crippen LogP contribution in [0.3, 0.4) is 0 Å². The zero-order valence-corrected chi connectivity index (χ0v) is 19.9. The molecule has 1 aliphatic heterocycles. The van der Waals surface area contributed by atoms with E-state index < -0.39 is 0 Å². The molecule has 29 heavy (non-hydrogen) atoms. The molecule has 1 saturated heterocycles. The van der Waals surface area contributed by atoms with E-state index in [-0.39, 0.29) is 11.3 Å². The quantitative estimate of drug-likeness (QED) is 0.334. The fourth-order valence-electron chi connectivity index (χ4n) is 3.12. The maximum atomic E-state index is 12.7. The highest BCUT2D eigenvalue weighted by molar-refractivity contribution is 9.10. The molecule has 0 bridgehead atoms. The van der Waals surface area contributed by atoms with Crippen molar-refractivity contribution in [2.24, 2.45) is 0 Å². The van der Waals surface area contributed by atoms with E-state index >= 15 is 0 Å². The van der Waals surface area contributed by atoms with Gasteiger partial charge in [-0.25, -0.2) is 0 Å². The van der Waals surface area contributed by atoms with Gasteiger partial charge in [0.15, 0.2) is 0 Å². The first-order valence-electron chi connectivity index (χ1n) is 8.87. The van der Waals surface area contributed by atoms with Gasteiger partial charge in [0.05, 0.1) is 5.75 Å². The van der Waals surface area contributed by atoms with Crippen LogP contribution >= 0.6 is 55.2 Å². The Bertz CT molecular complexity index is 1030. The van der Waals surface area contributed by atoms with Crippen LogP contribution in [0, 0.1) is 0 Å².